The van der Waals surface area contributed by atoms with E-state index >= 15 is 0 Å². The van der Waals surface area contributed by atoms with Crippen LogP contribution in [-0.4, -0.2) is 23.9 Å². The largest absolute Gasteiger partial charge is 0.496 e. The minimum atomic E-state index is -0.139. The highest BCUT2D eigenvalue weighted by atomic mass is 35.5. The number of methoxy groups -OCH3 is 1. The minimum Gasteiger partial charge on any atom is -0.496 e. The lowest BCUT2D eigenvalue weighted by molar-refractivity contribution is 0.403. The molecule has 0 saturated carbocycles. The van der Waals surface area contributed by atoms with Gasteiger partial charge in [0.2, 0.25) is 0 Å². The molecule has 2 aromatic rings. The van der Waals surface area contributed by atoms with E-state index in [0.29, 0.717) is 10.0 Å². The fraction of sp³-hybridized carbons (Fsp3) is 0.400. The SMILES string of the molecule is CCCn1ncc(Cl)c1C(NC)c1cc(Cl)ccc1OC. The van der Waals surface area contributed by atoms with Crippen LogP contribution in [0.1, 0.15) is 30.6 Å². The summed E-state index contributed by atoms with van der Waals surface area (Å²) < 4.78 is 7.37. The molecule has 4 nitrogen and oxygen atoms in total. The smallest absolute Gasteiger partial charge is 0.124 e. The van der Waals surface area contributed by atoms with Crippen molar-refractivity contribution >= 4 is 23.2 Å². The van der Waals surface area contributed by atoms with E-state index in [1.165, 1.54) is 0 Å². The molecule has 0 bridgehead atoms. The number of hydrogen-bond donors (Lipinski definition) is 1. The zero-order chi connectivity index (χ0) is 15.4. The molecule has 114 valence electrons. The molecule has 1 aromatic heterocycles. The highest BCUT2D eigenvalue weighted by Crippen LogP contribution is 2.35. The van der Waals surface area contributed by atoms with Gasteiger partial charge in [-0.1, -0.05) is 30.1 Å². The topological polar surface area (TPSA) is 39.1 Å². The Morgan fingerprint density at radius 2 is 2.14 bits per heavy atom. The van der Waals surface area contributed by atoms with Gasteiger partial charge in [-0.3, -0.25) is 4.68 Å². The summed E-state index contributed by atoms with van der Waals surface area (Å²) >= 11 is 12.5. The van der Waals surface area contributed by atoms with E-state index in [4.69, 9.17) is 27.9 Å². The van der Waals surface area contributed by atoms with Crippen molar-refractivity contribution in [2.75, 3.05) is 14.2 Å². The van der Waals surface area contributed by atoms with E-state index in [0.717, 1.165) is 30.0 Å². The quantitative estimate of drug-likeness (QED) is 0.874. The van der Waals surface area contributed by atoms with Gasteiger partial charge in [0.25, 0.3) is 0 Å². The van der Waals surface area contributed by atoms with E-state index < -0.39 is 0 Å². The lowest BCUT2D eigenvalue weighted by Gasteiger charge is -2.21. The fourth-order valence-corrected chi connectivity index (χ4v) is 2.85. The number of benzene rings is 1. The first-order chi connectivity index (χ1) is 10.1. The number of aryl methyl sites for hydroxylation is 1. The summed E-state index contributed by atoms with van der Waals surface area (Å²) in [5.74, 6) is 0.763. The van der Waals surface area contributed by atoms with Crippen LogP contribution in [-0.2, 0) is 6.54 Å². The van der Waals surface area contributed by atoms with E-state index in [2.05, 4.69) is 17.3 Å². The maximum Gasteiger partial charge on any atom is 0.124 e. The molecule has 0 aliphatic rings. The minimum absolute atomic E-state index is 0.139. The Hall–Kier alpha value is -1.23. The molecule has 0 fully saturated rings. The van der Waals surface area contributed by atoms with Gasteiger partial charge in [-0.25, -0.2) is 0 Å². The van der Waals surface area contributed by atoms with Crippen LogP contribution in [0.15, 0.2) is 24.4 Å². The second-order valence-corrected chi connectivity index (χ2v) is 5.55. The number of nitrogens with zero attached hydrogens (tertiary/aromatic N) is 2. The normalized spacial score (nSPS) is 12.4. The highest BCUT2D eigenvalue weighted by molar-refractivity contribution is 6.31. The van der Waals surface area contributed by atoms with Crippen LogP contribution in [0.2, 0.25) is 10.0 Å². The number of rotatable bonds is 6. The molecule has 0 aliphatic carbocycles. The Morgan fingerprint density at radius 3 is 2.76 bits per heavy atom. The van der Waals surface area contributed by atoms with Crippen LogP contribution in [0, 0.1) is 0 Å². The summed E-state index contributed by atoms with van der Waals surface area (Å²) in [6.07, 6.45) is 2.65. The van der Waals surface area contributed by atoms with Gasteiger partial charge in [0.05, 0.1) is 30.1 Å². The Labute approximate surface area is 135 Å². The molecule has 2 rings (SSSR count). The lowest BCUT2D eigenvalue weighted by Crippen LogP contribution is -2.22. The predicted molar refractivity (Wildman–Crippen MR) is 86.4 cm³/mol. The average molecular weight is 328 g/mol. The van der Waals surface area contributed by atoms with Gasteiger partial charge in [0, 0.05) is 17.1 Å². The van der Waals surface area contributed by atoms with Crippen molar-refractivity contribution in [2.24, 2.45) is 0 Å². The summed E-state index contributed by atoms with van der Waals surface area (Å²) in [5.41, 5.74) is 1.86. The number of ether oxygens (including phenoxy) is 1. The molecule has 0 amide bonds. The summed E-state index contributed by atoms with van der Waals surface area (Å²) in [6, 6.07) is 5.42. The van der Waals surface area contributed by atoms with Crippen LogP contribution in [0.5, 0.6) is 5.75 Å². The fourth-order valence-electron chi connectivity index (χ4n) is 2.42. The number of nitrogens with one attached hydrogen (secondary N) is 1. The third-order valence-electron chi connectivity index (χ3n) is 3.33. The zero-order valence-electron chi connectivity index (χ0n) is 12.4. The van der Waals surface area contributed by atoms with Crippen LogP contribution in [0.3, 0.4) is 0 Å². The van der Waals surface area contributed by atoms with Gasteiger partial charge in [0.1, 0.15) is 5.75 Å². The maximum absolute atomic E-state index is 6.34. The zero-order valence-corrected chi connectivity index (χ0v) is 13.9. The van der Waals surface area contributed by atoms with Crippen molar-refractivity contribution in [3.05, 3.63) is 45.7 Å². The average Bonchev–Trinajstić information content (AvgIpc) is 2.82. The van der Waals surface area contributed by atoms with Crippen molar-refractivity contribution in [3.63, 3.8) is 0 Å². The molecule has 0 aliphatic heterocycles. The number of hydrogen-bond acceptors (Lipinski definition) is 3. The van der Waals surface area contributed by atoms with Crippen LogP contribution in [0.25, 0.3) is 0 Å². The van der Waals surface area contributed by atoms with Crippen LogP contribution < -0.4 is 10.1 Å². The van der Waals surface area contributed by atoms with Crippen molar-refractivity contribution < 1.29 is 4.74 Å². The Kier molecular flexibility index (Phi) is 5.51. The predicted octanol–water partition coefficient (Wildman–Crippen LogP) is 3.92. The van der Waals surface area contributed by atoms with Gasteiger partial charge in [0.15, 0.2) is 0 Å². The Balaban J connectivity index is 2.54. The van der Waals surface area contributed by atoms with E-state index in [1.54, 1.807) is 13.3 Å². The molecular weight excluding hydrogens is 309 g/mol. The standard InChI is InChI=1S/C15H19Cl2N3O/c1-4-7-20-15(12(17)9-19-20)14(18-2)11-8-10(16)5-6-13(11)21-3/h5-6,8-9,14,18H,4,7H2,1-3H3. The third-order valence-corrected chi connectivity index (χ3v) is 3.86. The molecule has 1 atom stereocenters. The Bertz CT molecular complexity index is 613. The lowest BCUT2D eigenvalue weighted by atomic mass is 10.0. The van der Waals surface area contributed by atoms with Gasteiger partial charge in [-0.05, 0) is 31.7 Å². The van der Waals surface area contributed by atoms with E-state index in [-0.39, 0.29) is 6.04 Å². The van der Waals surface area contributed by atoms with Crippen molar-refractivity contribution in [1.29, 1.82) is 0 Å². The first-order valence-electron chi connectivity index (χ1n) is 6.84. The van der Waals surface area contributed by atoms with Gasteiger partial charge < -0.3 is 10.1 Å². The van der Waals surface area contributed by atoms with Crippen LogP contribution >= 0.6 is 23.2 Å². The molecule has 1 unspecified atom stereocenters. The second kappa shape index (κ2) is 7.16. The monoisotopic (exact) mass is 327 g/mol. The first kappa shape index (κ1) is 16.1. The molecule has 0 spiro atoms. The third kappa shape index (κ3) is 3.34. The summed E-state index contributed by atoms with van der Waals surface area (Å²) in [7, 11) is 3.52. The molecule has 1 aromatic carbocycles. The second-order valence-electron chi connectivity index (χ2n) is 4.71. The summed E-state index contributed by atoms with van der Waals surface area (Å²) in [5, 5.41) is 8.91. The molecule has 0 radical (unpaired) electrons. The molecule has 1 N–H and O–H groups in total. The molecule has 1 heterocycles. The number of halogens is 2. The molecule has 6 heteroatoms. The summed E-state index contributed by atoms with van der Waals surface area (Å²) in [4.78, 5) is 0. The van der Waals surface area contributed by atoms with Crippen molar-refractivity contribution in [2.45, 2.75) is 25.9 Å². The van der Waals surface area contributed by atoms with Crippen molar-refractivity contribution in [3.8, 4) is 5.75 Å². The number of aromatic nitrogens is 2. The van der Waals surface area contributed by atoms with Gasteiger partial charge in [-0.2, -0.15) is 5.10 Å². The maximum atomic E-state index is 6.34. The summed E-state index contributed by atoms with van der Waals surface area (Å²) in [6.45, 7) is 2.91. The van der Waals surface area contributed by atoms with E-state index in [9.17, 15) is 0 Å². The molecular formula is C15H19Cl2N3O. The van der Waals surface area contributed by atoms with Crippen LogP contribution in [0.4, 0.5) is 0 Å². The molecule has 0 saturated heterocycles. The van der Waals surface area contributed by atoms with E-state index in [1.807, 2.05) is 29.9 Å². The highest BCUT2D eigenvalue weighted by Gasteiger charge is 2.23. The van der Waals surface area contributed by atoms with Gasteiger partial charge in [-0.15, -0.1) is 0 Å². The molecule has 21 heavy (non-hydrogen) atoms. The Morgan fingerprint density at radius 1 is 1.38 bits per heavy atom. The van der Waals surface area contributed by atoms with Gasteiger partial charge >= 0.3 is 0 Å². The first-order valence-corrected chi connectivity index (χ1v) is 7.59. The van der Waals surface area contributed by atoms with Crippen molar-refractivity contribution in [1.82, 2.24) is 15.1 Å².